The molecule has 3 rings (SSSR count). The van der Waals surface area contributed by atoms with E-state index in [2.05, 4.69) is 0 Å². The predicted octanol–water partition coefficient (Wildman–Crippen LogP) is 6.57. The molecule has 1 aliphatic heterocycles. The molecule has 6 heteroatoms. The Hall–Kier alpha value is -2.63. The fraction of sp³-hybridized carbons (Fsp3) is 0.448. The van der Waals surface area contributed by atoms with Crippen molar-refractivity contribution in [1.82, 2.24) is 4.90 Å². The molecule has 5 nitrogen and oxygen atoms in total. The molecule has 1 saturated heterocycles. The molecule has 0 aliphatic carbocycles. The second-order valence-electron chi connectivity index (χ2n) is 10.1. The van der Waals surface area contributed by atoms with E-state index in [4.69, 9.17) is 16.7 Å². The number of aliphatic hydroxyl groups is 1. The number of carbonyl (C=O) groups excluding carboxylic acids is 1. The molecule has 2 N–H and O–H groups in total. The molecule has 0 spiro atoms. The maximum atomic E-state index is 13.0. The zero-order chi connectivity index (χ0) is 25.6. The van der Waals surface area contributed by atoms with Crippen molar-refractivity contribution in [1.29, 1.82) is 0 Å². The monoisotopic (exact) mass is 497 g/mol. The summed E-state index contributed by atoms with van der Waals surface area (Å²) in [5, 5.41) is 20.4. The van der Waals surface area contributed by atoms with Crippen LogP contribution < -0.4 is 0 Å². The smallest absolute Gasteiger partial charge is 0.303 e. The summed E-state index contributed by atoms with van der Waals surface area (Å²) in [6, 6.07) is 13.6. The standard InChI is InChI=1S/C29H36ClNO4/c1-20-17-23(30)12-14-25(20)21-9-8-10-22(18-21)26(32)15-13-24-19-29(2,3)28(35)31(24)16-7-5-4-6-11-27(33)34/h8-10,12-15,17-18,24,26,32H,4-7,11,16,19H2,1-3H3,(H,33,34)/b15-13+/t24?,26-/m1/s1. The van der Waals surface area contributed by atoms with E-state index in [0.717, 1.165) is 41.5 Å². The van der Waals surface area contributed by atoms with Crippen LogP contribution in [0.2, 0.25) is 5.02 Å². The van der Waals surface area contributed by atoms with Gasteiger partial charge in [-0.2, -0.15) is 0 Å². The predicted molar refractivity (Wildman–Crippen MR) is 140 cm³/mol. The first-order valence-electron chi connectivity index (χ1n) is 12.3. The molecule has 35 heavy (non-hydrogen) atoms. The minimum absolute atomic E-state index is 0.0622. The van der Waals surface area contributed by atoms with Crippen molar-refractivity contribution in [2.24, 2.45) is 5.41 Å². The van der Waals surface area contributed by atoms with Gasteiger partial charge in [0.2, 0.25) is 5.91 Å². The van der Waals surface area contributed by atoms with Gasteiger partial charge in [0.15, 0.2) is 0 Å². The van der Waals surface area contributed by atoms with Gasteiger partial charge in [-0.25, -0.2) is 0 Å². The number of hydrogen-bond acceptors (Lipinski definition) is 3. The van der Waals surface area contributed by atoms with Crippen molar-refractivity contribution in [3.8, 4) is 11.1 Å². The van der Waals surface area contributed by atoms with Crippen LogP contribution in [0.3, 0.4) is 0 Å². The normalized spacial score (nSPS) is 18.4. The largest absolute Gasteiger partial charge is 0.481 e. The average Bonchev–Trinajstić information content (AvgIpc) is 3.02. The Morgan fingerprint density at radius 3 is 2.63 bits per heavy atom. The lowest BCUT2D eigenvalue weighted by Crippen LogP contribution is -2.35. The van der Waals surface area contributed by atoms with Crippen molar-refractivity contribution in [3.63, 3.8) is 0 Å². The van der Waals surface area contributed by atoms with E-state index in [1.807, 2.05) is 74.2 Å². The Balaban J connectivity index is 1.66. The van der Waals surface area contributed by atoms with Gasteiger partial charge in [0.1, 0.15) is 0 Å². The van der Waals surface area contributed by atoms with Crippen LogP contribution >= 0.6 is 11.6 Å². The average molecular weight is 498 g/mol. The number of rotatable bonds is 11. The number of unbranched alkanes of at least 4 members (excludes halogenated alkanes) is 3. The number of amides is 1. The molecule has 2 atom stereocenters. The number of benzene rings is 2. The number of aliphatic carboxylic acids is 1. The van der Waals surface area contributed by atoms with Crippen molar-refractivity contribution in [2.75, 3.05) is 6.54 Å². The first-order valence-corrected chi connectivity index (χ1v) is 12.7. The molecular formula is C29H36ClNO4. The number of hydrogen-bond donors (Lipinski definition) is 2. The zero-order valence-corrected chi connectivity index (χ0v) is 21.6. The maximum Gasteiger partial charge on any atom is 0.303 e. The number of carboxylic acid groups (broad SMARTS) is 1. The van der Waals surface area contributed by atoms with Crippen LogP contribution in [0.4, 0.5) is 0 Å². The lowest BCUT2D eigenvalue weighted by molar-refractivity contribution is -0.137. The molecule has 1 fully saturated rings. The lowest BCUT2D eigenvalue weighted by atomic mass is 9.89. The SMILES string of the molecule is Cc1cc(Cl)ccc1-c1cccc([C@H](O)/C=C/C2CC(C)(C)C(=O)N2CCCCCCC(=O)O)c1. The molecule has 2 aromatic carbocycles. The Labute approximate surface area is 213 Å². The minimum Gasteiger partial charge on any atom is -0.481 e. The van der Waals surface area contributed by atoms with Crippen LogP contribution in [0.5, 0.6) is 0 Å². The third-order valence-corrected chi connectivity index (χ3v) is 6.98. The highest BCUT2D eigenvalue weighted by molar-refractivity contribution is 6.30. The fourth-order valence-corrected chi connectivity index (χ4v) is 5.02. The van der Waals surface area contributed by atoms with Gasteiger partial charge in [0.05, 0.1) is 12.1 Å². The van der Waals surface area contributed by atoms with Crippen LogP contribution in [-0.4, -0.2) is 39.6 Å². The third kappa shape index (κ3) is 7.18. The van der Waals surface area contributed by atoms with Gasteiger partial charge in [0.25, 0.3) is 0 Å². The quantitative estimate of drug-likeness (QED) is 0.272. The molecule has 1 unspecified atom stereocenters. The minimum atomic E-state index is -0.778. The summed E-state index contributed by atoms with van der Waals surface area (Å²) >= 11 is 6.10. The highest BCUT2D eigenvalue weighted by atomic mass is 35.5. The van der Waals surface area contributed by atoms with Gasteiger partial charge >= 0.3 is 5.97 Å². The summed E-state index contributed by atoms with van der Waals surface area (Å²) in [5.41, 5.74) is 3.53. The topological polar surface area (TPSA) is 77.8 Å². The van der Waals surface area contributed by atoms with Gasteiger partial charge < -0.3 is 15.1 Å². The molecule has 1 amide bonds. The molecule has 0 radical (unpaired) electrons. The van der Waals surface area contributed by atoms with Crippen LogP contribution in [0.15, 0.2) is 54.6 Å². The van der Waals surface area contributed by atoms with Gasteiger partial charge in [-0.15, -0.1) is 0 Å². The first kappa shape index (κ1) is 27.0. The van der Waals surface area contributed by atoms with Crippen LogP contribution in [-0.2, 0) is 9.59 Å². The van der Waals surface area contributed by atoms with Crippen LogP contribution in [0.25, 0.3) is 11.1 Å². The van der Waals surface area contributed by atoms with E-state index in [9.17, 15) is 14.7 Å². The highest BCUT2D eigenvalue weighted by Gasteiger charge is 2.43. The molecule has 0 saturated carbocycles. The number of carboxylic acids is 1. The number of aryl methyl sites for hydroxylation is 1. The van der Waals surface area contributed by atoms with E-state index >= 15 is 0 Å². The second kappa shape index (κ2) is 11.9. The second-order valence-corrected chi connectivity index (χ2v) is 10.6. The van der Waals surface area contributed by atoms with Gasteiger partial charge in [-0.1, -0.05) is 74.7 Å². The van der Waals surface area contributed by atoms with Crippen molar-refractivity contribution >= 4 is 23.5 Å². The summed E-state index contributed by atoms with van der Waals surface area (Å²) in [4.78, 5) is 25.5. The highest BCUT2D eigenvalue weighted by Crippen LogP contribution is 2.37. The first-order chi connectivity index (χ1) is 16.6. The lowest BCUT2D eigenvalue weighted by Gasteiger charge is -2.23. The summed E-state index contributed by atoms with van der Waals surface area (Å²) in [6.45, 7) is 6.60. The van der Waals surface area contributed by atoms with Crippen molar-refractivity contribution in [3.05, 3.63) is 70.8 Å². The van der Waals surface area contributed by atoms with Crippen LogP contribution in [0.1, 0.15) is 69.6 Å². The Kier molecular flexibility index (Phi) is 9.15. The Bertz CT molecular complexity index is 1080. The summed E-state index contributed by atoms with van der Waals surface area (Å²) in [7, 11) is 0. The summed E-state index contributed by atoms with van der Waals surface area (Å²) in [6.07, 6.45) is 7.12. The van der Waals surface area contributed by atoms with Crippen LogP contribution in [0, 0.1) is 12.3 Å². The number of likely N-dealkylation sites (tertiary alicyclic amines) is 1. The fourth-order valence-electron chi connectivity index (χ4n) is 4.80. The van der Waals surface area contributed by atoms with Gasteiger partial charge in [-0.05, 0) is 66.6 Å². The van der Waals surface area contributed by atoms with E-state index in [1.54, 1.807) is 6.08 Å². The number of nitrogens with zero attached hydrogens (tertiary/aromatic N) is 1. The van der Waals surface area contributed by atoms with E-state index < -0.39 is 17.5 Å². The molecule has 2 aromatic rings. The van der Waals surface area contributed by atoms with Gasteiger partial charge in [0, 0.05) is 23.4 Å². The van der Waals surface area contributed by atoms with E-state index in [0.29, 0.717) is 24.4 Å². The Morgan fingerprint density at radius 1 is 1.17 bits per heavy atom. The summed E-state index contributed by atoms with van der Waals surface area (Å²) < 4.78 is 0. The van der Waals surface area contributed by atoms with Crippen molar-refractivity contribution < 1.29 is 19.8 Å². The molecular weight excluding hydrogens is 462 g/mol. The summed E-state index contributed by atoms with van der Waals surface area (Å²) in [5.74, 6) is -0.633. The number of halogens is 1. The zero-order valence-electron chi connectivity index (χ0n) is 20.8. The van der Waals surface area contributed by atoms with E-state index in [1.165, 1.54) is 0 Å². The maximum absolute atomic E-state index is 13.0. The van der Waals surface area contributed by atoms with Crippen molar-refractivity contribution in [2.45, 2.75) is 71.4 Å². The van der Waals surface area contributed by atoms with Gasteiger partial charge in [-0.3, -0.25) is 9.59 Å². The number of carbonyl (C=O) groups is 2. The van der Waals surface area contributed by atoms with E-state index in [-0.39, 0.29) is 18.4 Å². The number of aliphatic hydroxyl groups excluding tert-OH is 1. The molecule has 0 aromatic heterocycles. The molecule has 1 aliphatic rings. The molecule has 188 valence electrons. The molecule has 0 bridgehead atoms. The Morgan fingerprint density at radius 2 is 1.91 bits per heavy atom. The third-order valence-electron chi connectivity index (χ3n) is 6.74. The molecule has 1 heterocycles.